The molecule has 1 aliphatic heterocycles. The van der Waals surface area contributed by atoms with Gasteiger partial charge in [-0.25, -0.2) is 8.78 Å². The standard InChI is InChI=1S/C31H38F2O/c1-21-6-8-22(9-7-21)4-2-3-5-23-10-12-24(13-11-23)25-14-16-26(17-15-25)27-18-19-28(29-20-34-29)31(33)30(27)32/h3,5-9,18-19,23-26,29H,2,4,10-17,20H2,1H3/b5-3+. The smallest absolute Gasteiger partial charge is 0.165 e. The lowest BCUT2D eigenvalue weighted by Crippen LogP contribution is -2.25. The Bertz CT molecular complexity index is 975. The molecule has 2 aliphatic carbocycles. The molecule has 1 nitrogen and oxygen atoms in total. The van der Waals surface area contributed by atoms with E-state index in [-0.39, 0.29) is 12.0 Å². The first kappa shape index (κ1) is 23.7. The lowest BCUT2D eigenvalue weighted by molar-refractivity contribution is 0.170. The Morgan fingerprint density at radius 3 is 2.03 bits per heavy atom. The third-order valence-corrected chi connectivity index (χ3v) is 8.65. The summed E-state index contributed by atoms with van der Waals surface area (Å²) in [5.74, 6) is 1.15. The van der Waals surface area contributed by atoms with Crippen molar-refractivity contribution >= 4 is 0 Å². The minimum Gasteiger partial charge on any atom is -0.368 e. The first-order chi connectivity index (χ1) is 16.6. The zero-order chi connectivity index (χ0) is 23.5. The highest BCUT2D eigenvalue weighted by atomic mass is 19.2. The quantitative estimate of drug-likeness (QED) is 0.295. The predicted molar refractivity (Wildman–Crippen MR) is 134 cm³/mol. The predicted octanol–water partition coefficient (Wildman–Crippen LogP) is 8.61. The molecule has 1 unspecified atom stereocenters. The van der Waals surface area contributed by atoms with Crippen LogP contribution in [-0.4, -0.2) is 6.61 Å². The van der Waals surface area contributed by atoms with Crippen molar-refractivity contribution in [1.82, 2.24) is 0 Å². The van der Waals surface area contributed by atoms with Crippen LogP contribution in [0, 0.1) is 36.3 Å². The Morgan fingerprint density at radius 2 is 1.38 bits per heavy atom. The molecule has 3 aliphatic rings. The Balaban J connectivity index is 1.05. The van der Waals surface area contributed by atoms with Gasteiger partial charge in [0.25, 0.3) is 0 Å². The summed E-state index contributed by atoms with van der Waals surface area (Å²) in [4.78, 5) is 0. The van der Waals surface area contributed by atoms with E-state index in [4.69, 9.17) is 4.74 Å². The third-order valence-electron chi connectivity index (χ3n) is 8.65. The van der Waals surface area contributed by atoms with Crippen LogP contribution < -0.4 is 0 Å². The van der Waals surface area contributed by atoms with E-state index in [1.54, 1.807) is 6.07 Å². The van der Waals surface area contributed by atoms with Crippen molar-refractivity contribution in [2.24, 2.45) is 17.8 Å². The lowest BCUT2D eigenvalue weighted by atomic mass is 9.68. The maximum Gasteiger partial charge on any atom is 0.165 e. The Labute approximate surface area is 203 Å². The van der Waals surface area contributed by atoms with Crippen LogP contribution in [0.1, 0.15) is 92.1 Å². The van der Waals surface area contributed by atoms with Gasteiger partial charge in [0.2, 0.25) is 0 Å². The number of ether oxygens (including phenoxy) is 1. The Hall–Kier alpha value is -2.00. The van der Waals surface area contributed by atoms with Gasteiger partial charge in [-0.2, -0.15) is 0 Å². The summed E-state index contributed by atoms with van der Waals surface area (Å²) >= 11 is 0. The molecule has 0 amide bonds. The highest BCUT2D eigenvalue weighted by Crippen LogP contribution is 2.45. The zero-order valence-corrected chi connectivity index (χ0v) is 20.4. The molecule has 1 heterocycles. The largest absolute Gasteiger partial charge is 0.368 e. The minimum absolute atomic E-state index is 0.160. The van der Waals surface area contributed by atoms with E-state index < -0.39 is 11.6 Å². The monoisotopic (exact) mass is 464 g/mol. The number of allylic oxidation sites excluding steroid dienone is 2. The van der Waals surface area contributed by atoms with Crippen molar-refractivity contribution in [2.75, 3.05) is 6.61 Å². The fourth-order valence-electron chi connectivity index (χ4n) is 6.37. The molecule has 3 fully saturated rings. The van der Waals surface area contributed by atoms with Crippen LogP contribution in [-0.2, 0) is 11.2 Å². The number of benzene rings is 2. The molecule has 2 aromatic rings. The van der Waals surface area contributed by atoms with Crippen LogP contribution in [0.15, 0.2) is 48.6 Å². The van der Waals surface area contributed by atoms with Gasteiger partial charge in [-0.15, -0.1) is 0 Å². The molecule has 1 atom stereocenters. The van der Waals surface area contributed by atoms with Crippen molar-refractivity contribution in [3.05, 3.63) is 82.4 Å². The van der Waals surface area contributed by atoms with Gasteiger partial charge >= 0.3 is 0 Å². The van der Waals surface area contributed by atoms with Crippen LogP contribution in [0.25, 0.3) is 0 Å². The fraction of sp³-hybridized carbons (Fsp3) is 0.548. The van der Waals surface area contributed by atoms with Crippen LogP contribution in [0.2, 0.25) is 0 Å². The molecular formula is C31H38F2O. The number of halogens is 2. The number of rotatable bonds is 7. The summed E-state index contributed by atoms with van der Waals surface area (Å²) in [6.07, 6.45) is 16.4. The first-order valence-electron chi connectivity index (χ1n) is 13.4. The second-order valence-corrected chi connectivity index (χ2v) is 10.9. The van der Waals surface area contributed by atoms with Crippen molar-refractivity contribution in [3.8, 4) is 0 Å². The highest BCUT2D eigenvalue weighted by Gasteiger charge is 2.34. The SMILES string of the molecule is Cc1ccc(CC/C=C/C2CCC(C3CCC(c4ccc(C5CO5)c(F)c4F)CC3)CC2)cc1. The maximum absolute atomic E-state index is 14.7. The molecule has 1 saturated heterocycles. The van der Waals surface area contributed by atoms with Gasteiger partial charge in [0.1, 0.15) is 6.10 Å². The van der Waals surface area contributed by atoms with Crippen LogP contribution in [0.4, 0.5) is 8.78 Å². The zero-order valence-electron chi connectivity index (χ0n) is 20.4. The van der Waals surface area contributed by atoms with Crippen molar-refractivity contribution in [2.45, 2.75) is 83.2 Å². The topological polar surface area (TPSA) is 12.5 Å². The van der Waals surface area contributed by atoms with E-state index in [0.717, 1.165) is 56.3 Å². The number of hydrogen-bond donors (Lipinski definition) is 0. The number of epoxide rings is 1. The highest BCUT2D eigenvalue weighted by molar-refractivity contribution is 5.32. The average Bonchev–Trinajstić information content (AvgIpc) is 3.71. The second kappa shape index (κ2) is 10.7. The van der Waals surface area contributed by atoms with Gasteiger partial charge in [-0.1, -0.05) is 54.1 Å². The van der Waals surface area contributed by atoms with Gasteiger partial charge in [0.15, 0.2) is 11.6 Å². The summed E-state index contributed by atoms with van der Waals surface area (Å²) < 4.78 is 34.3. The average molecular weight is 465 g/mol. The molecule has 2 saturated carbocycles. The van der Waals surface area contributed by atoms with Crippen molar-refractivity contribution in [1.29, 1.82) is 0 Å². The van der Waals surface area contributed by atoms with E-state index in [2.05, 4.69) is 43.3 Å². The van der Waals surface area contributed by atoms with Gasteiger partial charge < -0.3 is 4.74 Å². The van der Waals surface area contributed by atoms with E-state index in [0.29, 0.717) is 17.7 Å². The first-order valence-corrected chi connectivity index (χ1v) is 13.4. The Morgan fingerprint density at radius 1 is 0.794 bits per heavy atom. The fourth-order valence-corrected chi connectivity index (χ4v) is 6.37. The second-order valence-electron chi connectivity index (χ2n) is 10.9. The number of hydrogen-bond acceptors (Lipinski definition) is 1. The normalized spacial score (nSPS) is 29.4. The molecule has 2 aromatic carbocycles. The molecule has 34 heavy (non-hydrogen) atoms. The maximum atomic E-state index is 14.7. The van der Waals surface area contributed by atoms with Gasteiger partial charge in [-0.3, -0.25) is 0 Å². The molecule has 0 bridgehead atoms. The molecule has 0 spiro atoms. The summed E-state index contributed by atoms with van der Waals surface area (Å²) in [6.45, 7) is 2.64. The van der Waals surface area contributed by atoms with E-state index in [1.807, 2.05) is 6.07 Å². The molecule has 0 N–H and O–H groups in total. The molecule has 3 heteroatoms. The van der Waals surface area contributed by atoms with Crippen LogP contribution in [0.5, 0.6) is 0 Å². The van der Waals surface area contributed by atoms with Crippen LogP contribution in [0.3, 0.4) is 0 Å². The van der Waals surface area contributed by atoms with Crippen LogP contribution >= 0.6 is 0 Å². The lowest BCUT2D eigenvalue weighted by Gasteiger charge is -2.37. The van der Waals surface area contributed by atoms with Crippen molar-refractivity contribution in [3.63, 3.8) is 0 Å². The molecule has 5 rings (SSSR count). The van der Waals surface area contributed by atoms with Gasteiger partial charge in [-0.05, 0) is 106 Å². The molecule has 0 radical (unpaired) electrons. The molecule has 182 valence electrons. The van der Waals surface area contributed by atoms with Gasteiger partial charge in [0, 0.05) is 5.56 Å². The van der Waals surface area contributed by atoms with E-state index >= 15 is 0 Å². The Kier molecular flexibility index (Phi) is 7.49. The van der Waals surface area contributed by atoms with Crippen molar-refractivity contribution < 1.29 is 13.5 Å². The number of aryl methyl sites for hydroxylation is 2. The summed E-state index contributed by atoms with van der Waals surface area (Å²) in [5, 5.41) is 0. The minimum atomic E-state index is -0.688. The summed E-state index contributed by atoms with van der Waals surface area (Å²) in [5.41, 5.74) is 3.71. The van der Waals surface area contributed by atoms with Gasteiger partial charge in [0.05, 0.1) is 6.61 Å². The third kappa shape index (κ3) is 5.62. The summed E-state index contributed by atoms with van der Waals surface area (Å²) in [6, 6.07) is 12.4. The van der Waals surface area contributed by atoms with E-state index in [1.165, 1.54) is 36.8 Å². The molecular weight excluding hydrogens is 426 g/mol. The molecule has 0 aromatic heterocycles. The van der Waals surface area contributed by atoms with E-state index in [9.17, 15) is 8.78 Å². The summed E-state index contributed by atoms with van der Waals surface area (Å²) in [7, 11) is 0.